The minimum absolute atomic E-state index is 0.964. The average Bonchev–Trinajstić information content (AvgIpc) is 2.87. The zero-order chi connectivity index (χ0) is 18.0. The third-order valence-electron chi connectivity index (χ3n) is 4.45. The first-order valence-electron chi connectivity index (χ1n) is 8.53. The molecule has 2 aromatic carbocycles. The summed E-state index contributed by atoms with van der Waals surface area (Å²) in [5.74, 6) is 0. The van der Waals surface area contributed by atoms with E-state index in [0.29, 0.717) is 0 Å². The first-order chi connectivity index (χ1) is 12.0. The molecule has 0 bridgehead atoms. The van der Waals surface area contributed by atoms with Crippen molar-refractivity contribution >= 4 is 17.6 Å². The summed E-state index contributed by atoms with van der Waals surface area (Å²) in [7, 11) is 4.08. The Balaban J connectivity index is 1.90. The highest BCUT2D eigenvalue weighted by atomic mass is 15.1. The lowest BCUT2D eigenvalue weighted by Crippen LogP contribution is -2.07. The Kier molecular flexibility index (Phi) is 4.75. The second-order valence-corrected chi connectivity index (χ2v) is 6.67. The molecule has 0 unspecified atom stereocenters. The molecule has 0 aliphatic rings. The molecule has 0 saturated heterocycles. The van der Waals surface area contributed by atoms with E-state index < -0.39 is 0 Å². The van der Waals surface area contributed by atoms with Crippen molar-refractivity contribution in [3.05, 3.63) is 77.1 Å². The molecular formula is C22H25N3. The Morgan fingerprint density at radius 2 is 1.64 bits per heavy atom. The van der Waals surface area contributed by atoms with Gasteiger partial charge in [0.2, 0.25) is 0 Å². The molecule has 128 valence electrons. The van der Waals surface area contributed by atoms with Gasteiger partial charge in [0.05, 0.1) is 5.69 Å². The standard InChI is InChI=1S/C22H25N3/c1-16-7-6-8-22(13-16)25-17(2)14-19(18(25)3)15-23-20-9-11-21(12-10-20)24(4)5/h6-15H,1-5H3. The molecule has 3 rings (SSSR count). The molecule has 0 aliphatic carbocycles. The van der Waals surface area contributed by atoms with Gasteiger partial charge in [-0.2, -0.15) is 0 Å². The minimum atomic E-state index is 0.964. The quantitative estimate of drug-likeness (QED) is 0.600. The van der Waals surface area contributed by atoms with Gasteiger partial charge in [0.1, 0.15) is 0 Å². The third-order valence-corrected chi connectivity index (χ3v) is 4.45. The van der Waals surface area contributed by atoms with Gasteiger partial charge < -0.3 is 9.47 Å². The zero-order valence-corrected chi connectivity index (χ0v) is 15.6. The summed E-state index contributed by atoms with van der Waals surface area (Å²) in [6.45, 7) is 6.40. The molecule has 0 spiro atoms. The number of hydrogen-bond acceptors (Lipinski definition) is 2. The van der Waals surface area contributed by atoms with Gasteiger partial charge in [0.25, 0.3) is 0 Å². The first-order valence-corrected chi connectivity index (χ1v) is 8.53. The maximum absolute atomic E-state index is 4.65. The van der Waals surface area contributed by atoms with Crippen LogP contribution in [0.4, 0.5) is 11.4 Å². The lowest BCUT2D eigenvalue weighted by molar-refractivity contribution is 0.963. The molecule has 0 saturated carbocycles. The molecule has 1 aromatic heterocycles. The van der Waals surface area contributed by atoms with Crippen LogP contribution < -0.4 is 4.90 Å². The average molecular weight is 331 g/mol. The van der Waals surface area contributed by atoms with Crippen LogP contribution in [0, 0.1) is 20.8 Å². The first kappa shape index (κ1) is 17.0. The second kappa shape index (κ2) is 6.98. The predicted octanol–water partition coefficient (Wildman–Crippen LogP) is 5.22. The Bertz CT molecular complexity index is 900. The normalized spacial score (nSPS) is 11.2. The van der Waals surface area contributed by atoms with Crippen molar-refractivity contribution in [3.8, 4) is 5.69 Å². The highest BCUT2D eigenvalue weighted by molar-refractivity contribution is 5.84. The third kappa shape index (κ3) is 3.66. The summed E-state index contributed by atoms with van der Waals surface area (Å²) in [5, 5.41) is 0. The number of nitrogens with zero attached hydrogens (tertiary/aromatic N) is 3. The van der Waals surface area contributed by atoms with Crippen molar-refractivity contribution in [2.24, 2.45) is 4.99 Å². The largest absolute Gasteiger partial charge is 0.378 e. The van der Waals surface area contributed by atoms with E-state index in [-0.39, 0.29) is 0 Å². The molecule has 0 N–H and O–H groups in total. The summed E-state index contributed by atoms with van der Waals surface area (Å²) in [5.41, 5.74) is 8.17. The summed E-state index contributed by atoms with van der Waals surface area (Å²) in [6.07, 6.45) is 1.96. The fraction of sp³-hybridized carbons (Fsp3) is 0.227. The van der Waals surface area contributed by atoms with Crippen molar-refractivity contribution < 1.29 is 0 Å². The van der Waals surface area contributed by atoms with E-state index in [1.54, 1.807) is 0 Å². The van der Waals surface area contributed by atoms with Gasteiger partial charge in [-0.3, -0.25) is 4.99 Å². The van der Waals surface area contributed by atoms with E-state index in [1.165, 1.54) is 28.3 Å². The van der Waals surface area contributed by atoms with Crippen LogP contribution in [-0.4, -0.2) is 24.9 Å². The highest BCUT2D eigenvalue weighted by Crippen LogP contribution is 2.22. The molecule has 3 heteroatoms. The Hall–Kier alpha value is -2.81. The number of benzene rings is 2. The number of anilines is 1. The monoisotopic (exact) mass is 331 g/mol. The molecule has 0 aliphatic heterocycles. The van der Waals surface area contributed by atoms with E-state index in [4.69, 9.17) is 0 Å². The van der Waals surface area contributed by atoms with E-state index in [1.807, 2.05) is 32.4 Å². The summed E-state index contributed by atoms with van der Waals surface area (Å²) < 4.78 is 2.28. The SMILES string of the molecule is Cc1cccc(-n2c(C)cc(C=Nc3ccc(N(C)C)cc3)c2C)c1. The van der Waals surface area contributed by atoms with E-state index in [9.17, 15) is 0 Å². The maximum atomic E-state index is 4.65. The van der Waals surface area contributed by atoms with Crippen LogP contribution in [0.1, 0.15) is 22.5 Å². The van der Waals surface area contributed by atoms with Crippen molar-refractivity contribution in [2.75, 3.05) is 19.0 Å². The van der Waals surface area contributed by atoms with Crippen LogP contribution in [0.2, 0.25) is 0 Å². The van der Waals surface area contributed by atoms with Crippen LogP contribution in [-0.2, 0) is 0 Å². The van der Waals surface area contributed by atoms with Gasteiger partial charge in [0, 0.05) is 48.6 Å². The number of rotatable bonds is 4. The van der Waals surface area contributed by atoms with E-state index in [2.05, 4.69) is 77.7 Å². The summed E-state index contributed by atoms with van der Waals surface area (Å²) >= 11 is 0. The predicted molar refractivity (Wildman–Crippen MR) is 108 cm³/mol. The minimum Gasteiger partial charge on any atom is -0.378 e. The lowest BCUT2D eigenvalue weighted by Gasteiger charge is -2.11. The van der Waals surface area contributed by atoms with Crippen LogP contribution in [0.3, 0.4) is 0 Å². The summed E-state index contributed by atoms with van der Waals surface area (Å²) in [4.78, 5) is 6.73. The fourth-order valence-electron chi connectivity index (χ4n) is 3.06. The zero-order valence-electron chi connectivity index (χ0n) is 15.6. The second-order valence-electron chi connectivity index (χ2n) is 6.67. The van der Waals surface area contributed by atoms with Gasteiger partial charge in [-0.1, -0.05) is 12.1 Å². The number of aliphatic imine (C=N–C) groups is 1. The highest BCUT2D eigenvalue weighted by Gasteiger charge is 2.09. The lowest BCUT2D eigenvalue weighted by atomic mass is 10.2. The van der Waals surface area contributed by atoms with Crippen LogP contribution in [0.15, 0.2) is 59.6 Å². The Morgan fingerprint density at radius 1 is 0.920 bits per heavy atom. The van der Waals surface area contributed by atoms with E-state index in [0.717, 1.165) is 11.3 Å². The van der Waals surface area contributed by atoms with Crippen molar-refractivity contribution in [2.45, 2.75) is 20.8 Å². The molecule has 0 radical (unpaired) electrons. The van der Waals surface area contributed by atoms with E-state index >= 15 is 0 Å². The molecule has 0 atom stereocenters. The van der Waals surface area contributed by atoms with Gasteiger partial charge >= 0.3 is 0 Å². The van der Waals surface area contributed by atoms with Gasteiger partial charge in [-0.05, 0) is 68.8 Å². The molecule has 25 heavy (non-hydrogen) atoms. The number of hydrogen-bond donors (Lipinski definition) is 0. The molecule has 3 aromatic rings. The van der Waals surface area contributed by atoms with Crippen molar-refractivity contribution in [3.63, 3.8) is 0 Å². The maximum Gasteiger partial charge on any atom is 0.0631 e. The fourth-order valence-corrected chi connectivity index (χ4v) is 3.06. The van der Waals surface area contributed by atoms with Crippen molar-refractivity contribution in [1.29, 1.82) is 0 Å². The van der Waals surface area contributed by atoms with Crippen molar-refractivity contribution in [1.82, 2.24) is 4.57 Å². The molecular weight excluding hydrogens is 306 g/mol. The van der Waals surface area contributed by atoms with Crippen LogP contribution in [0.5, 0.6) is 0 Å². The number of aryl methyl sites for hydroxylation is 2. The van der Waals surface area contributed by atoms with Gasteiger partial charge in [-0.15, -0.1) is 0 Å². The molecule has 0 amide bonds. The van der Waals surface area contributed by atoms with Crippen LogP contribution in [0.25, 0.3) is 5.69 Å². The smallest absolute Gasteiger partial charge is 0.0631 e. The molecule has 3 nitrogen and oxygen atoms in total. The van der Waals surface area contributed by atoms with Gasteiger partial charge in [0.15, 0.2) is 0 Å². The van der Waals surface area contributed by atoms with Gasteiger partial charge in [-0.25, -0.2) is 0 Å². The Morgan fingerprint density at radius 3 is 2.28 bits per heavy atom. The summed E-state index contributed by atoms with van der Waals surface area (Å²) in [6, 6.07) is 19.0. The number of aromatic nitrogens is 1. The molecule has 0 fully saturated rings. The van der Waals surface area contributed by atoms with Crippen LogP contribution >= 0.6 is 0 Å². The Labute approximate surface area is 150 Å². The topological polar surface area (TPSA) is 20.5 Å². The molecule has 1 heterocycles.